The van der Waals surface area contributed by atoms with Gasteiger partial charge in [0.15, 0.2) is 0 Å². The van der Waals surface area contributed by atoms with Gasteiger partial charge in [0.2, 0.25) is 12.3 Å². The van der Waals surface area contributed by atoms with Gasteiger partial charge < -0.3 is 25.6 Å². The molecule has 178 valence electrons. The molecule has 1 aromatic rings. The fraction of sp³-hybridized carbons (Fsp3) is 0.609. The van der Waals surface area contributed by atoms with Gasteiger partial charge in [-0.05, 0) is 71.2 Å². The Hall–Kier alpha value is -2.68. The molecule has 1 aromatic carbocycles. The third-order valence-electron chi connectivity index (χ3n) is 5.34. The summed E-state index contributed by atoms with van der Waals surface area (Å²) in [6.07, 6.45) is 3.15. The molecule has 0 radical (unpaired) electrons. The van der Waals surface area contributed by atoms with E-state index >= 15 is 0 Å². The predicted molar refractivity (Wildman–Crippen MR) is 119 cm³/mol. The molecule has 0 spiro atoms. The van der Waals surface area contributed by atoms with Gasteiger partial charge in [0.25, 0.3) is 0 Å². The first-order valence-electron chi connectivity index (χ1n) is 11.0. The minimum Gasteiger partial charge on any atom is -0.444 e. The summed E-state index contributed by atoms with van der Waals surface area (Å²) in [6.45, 7) is 9.28. The first kappa shape index (κ1) is 25.6. The van der Waals surface area contributed by atoms with E-state index in [4.69, 9.17) is 4.74 Å². The van der Waals surface area contributed by atoms with Crippen LogP contribution >= 0.6 is 0 Å². The number of fused-ring (bicyclic) bond motifs is 1. The van der Waals surface area contributed by atoms with Gasteiger partial charge in [-0.1, -0.05) is 12.1 Å². The SMILES string of the molecule is CC1CC[C@@H]2CCNCC(NC(=O)OC(C)(C)C)C(=O)N12.O=CNCc1ccc(F)cc1. The summed E-state index contributed by atoms with van der Waals surface area (Å²) in [4.78, 5) is 36.4. The third-order valence-corrected chi connectivity index (χ3v) is 5.34. The molecule has 8 nitrogen and oxygen atoms in total. The average Bonchev–Trinajstić information content (AvgIpc) is 3.07. The molecule has 2 aliphatic heterocycles. The van der Waals surface area contributed by atoms with E-state index in [9.17, 15) is 18.8 Å². The van der Waals surface area contributed by atoms with Crippen molar-refractivity contribution in [3.05, 3.63) is 35.6 Å². The molecule has 0 saturated carbocycles. The molecule has 2 unspecified atom stereocenters. The number of hydrogen-bond acceptors (Lipinski definition) is 5. The zero-order valence-corrected chi connectivity index (χ0v) is 19.3. The molecule has 32 heavy (non-hydrogen) atoms. The molecule has 2 fully saturated rings. The van der Waals surface area contributed by atoms with E-state index in [0.29, 0.717) is 25.5 Å². The van der Waals surface area contributed by atoms with Gasteiger partial charge in [-0.25, -0.2) is 9.18 Å². The molecule has 0 aliphatic carbocycles. The van der Waals surface area contributed by atoms with Crippen molar-refractivity contribution < 1.29 is 23.5 Å². The number of carbonyl (C=O) groups excluding carboxylic acids is 3. The van der Waals surface area contributed by atoms with Crippen LogP contribution in [0.25, 0.3) is 0 Å². The van der Waals surface area contributed by atoms with Crippen molar-refractivity contribution in [2.75, 3.05) is 13.1 Å². The summed E-state index contributed by atoms with van der Waals surface area (Å²) in [5.41, 5.74) is 0.324. The molecular weight excluding hydrogens is 415 g/mol. The molecule has 2 heterocycles. The van der Waals surface area contributed by atoms with Crippen molar-refractivity contribution in [3.8, 4) is 0 Å². The topological polar surface area (TPSA) is 99.8 Å². The number of halogens is 1. The van der Waals surface area contributed by atoms with Crippen molar-refractivity contribution in [1.82, 2.24) is 20.9 Å². The molecule has 3 amide bonds. The highest BCUT2D eigenvalue weighted by Gasteiger charge is 2.39. The van der Waals surface area contributed by atoms with Crippen LogP contribution in [0.2, 0.25) is 0 Å². The minimum absolute atomic E-state index is 0.00283. The van der Waals surface area contributed by atoms with Gasteiger partial charge in [0.05, 0.1) is 0 Å². The van der Waals surface area contributed by atoms with Crippen molar-refractivity contribution in [3.63, 3.8) is 0 Å². The van der Waals surface area contributed by atoms with E-state index in [1.807, 2.05) is 25.7 Å². The van der Waals surface area contributed by atoms with Crippen molar-refractivity contribution in [1.29, 1.82) is 0 Å². The lowest BCUT2D eigenvalue weighted by molar-refractivity contribution is -0.136. The molecule has 2 aliphatic rings. The van der Waals surface area contributed by atoms with Gasteiger partial charge in [-0.3, -0.25) is 9.59 Å². The smallest absolute Gasteiger partial charge is 0.408 e. The summed E-state index contributed by atoms with van der Waals surface area (Å²) in [5.74, 6) is -0.261. The highest BCUT2D eigenvalue weighted by Crippen LogP contribution is 2.27. The van der Waals surface area contributed by atoms with Gasteiger partial charge in [0, 0.05) is 25.2 Å². The number of nitrogens with one attached hydrogen (secondary N) is 3. The van der Waals surface area contributed by atoms with E-state index in [1.54, 1.807) is 12.1 Å². The van der Waals surface area contributed by atoms with Crippen LogP contribution in [-0.4, -0.2) is 60.1 Å². The van der Waals surface area contributed by atoms with Crippen molar-refractivity contribution in [2.24, 2.45) is 0 Å². The van der Waals surface area contributed by atoms with Crippen LogP contribution in [0.1, 0.15) is 52.5 Å². The maximum absolute atomic E-state index is 12.7. The molecule has 0 bridgehead atoms. The van der Waals surface area contributed by atoms with E-state index in [1.165, 1.54) is 12.1 Å². The standard InChI is InChI=1S/C15H27N3O3.C8H8FNO/c1-10-5-6-11-7-8-16-9-12(13(19)18(10)11)17-14(20)21-15(2,3)4;9-8-3-1-7(2-4-8)5-10-6-11/h10-12,16H,5-9H2,1-4H3,(H,17,20);1-4,6H,5H2,(H,10,11)/t10?,11-,12?;/m1./s1. The lowest BCUT2D eigenvalue weighted by Gasteiger charge is -2.35. The first-order chi connectivity index (χ1) is 15.1. The maximum Gasteiger partial charge on any atom is 0.408 e. The lowest BCUT2D eigenvalue weighted by Crippen LogP contribution is -2.58. The number of hydrogen-bond donors (Lipinski definition) is 3. The number of amides is 3. The van der Waals surface area contributed by atoms with Gasteiger partial charge in [-0.2, -0.15) is 0 Å². The number of alkyl carbamates (subject to hydrolysis) is 1. The zero-order chi connectivity index (χ0) is 23.7. The van der Waals surface area contributed by atoms with E-state index in [2.05, 4.69) is 22.9 Å². The molecule has 0 aromatic heterocycles. The summed E-state index contributed by atoms with van der Waals surface area (Å²) in [7, 11) is 0. The molecular formula is C23H35FN4O4. The van der Waals surface area contributed by atoms with Crippen LogP contribution in [0.4, 0.5) is 9.18 Å². The summed E-state index contributed by atoms with van der Waals surface area (Å²) >= 11 is 0. The molecule has 3 atom stereocenters. The fourth-order valence-electron chi connectivity index (χ4n) is 3.86. The van der Waals surface area contributed by atoms with E-state index in [0.717, 1.165) is 31.4 Å². The number of ether oxygens (including phenoxy) is 1. The number of nitrogens with zero attached hydrogens (tertiary/aromatic N) is 1. The predicted octanol–water partition coefficient (Wildman–Crippen LogP) is 2.32. The third kappa shape index (κ3) is 8.11. The van der Waals surface area contributed by atoms with Crippen LogP contribution in [0, 0.1) is 5.82 Å². The second-order valence-electron chi connectivity index (χ2n) is 9.14. The molecule has 3 N–H and O–H groups in total. The molecule has 3 rings (SSSR count). The maximum atomic E-state index is 12.7. The Morgan fingerprint density at radius 3 is 2.56 bits per heavy atom. The number of carbonyl (C=O) groups is 3. The Balaban J connectivity index is 0.000000278. The Morgan fingerprint density at radius 1 is 1.25 bits per heavy atom. The average molecular weight is 451 g/mol. The summed E-state index contributed by atoms with van der Waals surface area (Å²) in [6, 6.07) is 5.98. The fourth-order valence-corrected chi connectivity index (χ4v) is 3.86. The molecule has 2 saturated heterocycles. The Labute approximate surface area is 189 Å². The van der Waals surface area contributed by atoms with Crippen LogP contribution in [0.3, 0.4) is 0 Å². The lowest BCUT2D eigenvalue weighted by atomic mass is 10.1. The minimum atomic E-state index is -0.564. The van der Waals surface area contributed by atoms with Crippen molar-refractivity contribution in [2.45, 2.75) is 77.2 Å². The van der Waals surface area contributed by atoms with Crippen LogP contribution in [0.5, 0.6) is 0 Å². The van der Waals surface area contributed by atoms with Gasteiger partial charge in [-0.15, -0.1) is 0 Å². The molecule has 9 heteroatoms. The van der Waals surface area contributed by atoms with Gasteiger partial charge >= 0.3 is 6.09 Å². The number of benzene rings is 1. The van der Waals surface area contributed by atoms with Crippen molar-refractivity contribution >= 4 is 18.4 Å². The summed E-state index contributed by atoms with van der Waals surface area (Å²) < 4.78 is 17.6. The van der Waals surface area contributed by atoms with Gasteiger partial charge in [0.1, 0.15) is 17.5 Å². The van der Waals surface area contributed by atoms with Crippen LogP contribution < -0.4 is 16.0 Å². The largest absolute Gasteiger partial charge is 0.444 e. The van der Waals surface area contributed by atoms with E-state index < -0.39 is 17.7 Å². The highest BCUT2D eigenvalue weighted by atomic mass is 19.1. The second-order valence-corrected chi connectivity index (χ2v) is 9.14. The normalized spacial score (nSPS) is 23.1. The summed E-state index contributed by atoms with van der Waals surface area (Å²) in [5, 5.41) is 8.44. The Kier molecular flexibility index (Phi) is 9.43. The Bertz CT molecular complexity index is 766. The number of rotatable bonds is 4. The second kappa shape index (κ2) is 11.8. The zero-order valence-electron chi connectivity index (χ0n) is 19.3. The first-order valence-corrected chi connectivity index (χ1v) is 11.0. The highest BCUT2D eigenvalue weighted by molar-refractivity contribution is 5.86. The quantitative estimate of drug-likeness (QED) is 0.612. The monoisotopic (exact) mass is 450 g/mol. The Morgan fingerprint density at radius 2 is 1.94 bits per heavy atom. The van der Waals surface area contributed by atoms with E-state index in [-0.39, 0.29) is 17.8 Å². The van der Waals surface area contributed by atoms with Crippen LogP contribution in [0.15, 0.2) is 24.3 Å². The van der Waals surface area contributed by atoms with Crippen LogP contribution in [-0.2, 0) is 20.9 Å².